The average Bonchev–Trinajstić information content (AvgIpc) is 3.01. The van der Waals surface area contributed by atoms with Gasteiger partial charge in [-0.05, 0) is 80.6 Å². The summed E-state index contributed by atoms with van der Waals surface area (Å²) in [6.07, 6.45) is 5.43. The van der Waals surface area contributed by atoms with Crippen molar-refractivity contribution >= 4 is 39.1 Å². The zero-order valence-electron chi connectivity index (χ0n) is 25.9. The number of aryl methyl sites for hydroxylation is 2. The van der Waals surface area contributed by atoms with Gasteiger partial charge in [0.25, 0.3) is 10.0 Å². The van der Waals surface area contributed by atoms with Gasteiger partial charge in [-0.3, -0.25) is 13.9 Å². The maximum Gasteiger partial charge on any atom is 0.264 e. The molecule has 8 nitrogen and oxygen atoms in total. The SMILES string of the molecule is CC[C@H](C(=O)NC1CCCCC1)N(Cc1ccc(Cl)cc1)C(=O)CN(c1cc(C)ccc1OC)S(=O)(=O)c1ccc(C)cc1. The van der Waals surface area contributed by atoms with E-state index in [9.17, 15) is 18.0 Å². The van der Waals surface area contributed by atoms with Gasteiger partial charge in [0.1, 0.15) is 18.3 Å². The number of amides is 2. The number of anilines is 1. The molecular formula is C34H42ClN3O5S. The largest absolute Gasteiger partial charge is 0.495 e. The van der Waals surface area contributed by atoms with E-state index in [0.717, 1.165) is 53.1 Å². The Kier molecular flexibility index (Phi) is 11.3. The van der Waals surface area contributed by atoms with Crippen LogP contribution in [0.5, 0.6) is 5.75 Å². The van der Waals surface area contributed by atoms with Crippen molar-refractivity contribution in [2.45, 2.75) is 82.8 Å². The summed E-state index contributed by atoms with van der Waals surface area (Å²) in [5.74, 6) is -0.432. The highest BCUT2D eigenvalue weighted by Crippen LogP contribution is 2.34. The predicted octanol–water partition coefficient (Wildman–Crippen LogP) is 6.42. The molecule has 1 atom stereocenters. The van der Waals surface area contributed by atoms with Gasteiger partial charge in [-0.15, -0.1) is 0 Å². The van der Waals surface area contributed by atoms with Crippen molar-refractivity contribution in [3.05, 3.63) is 88.4 Å². The minimum absolute atomic E-state index is 0.0470. The molecule has 0 heterocycles. The summed E-state index contributed by atoms with van der Waals surface area (Å²) in [5.41, 5.74) is 2.72. The van der Waals surface area contributed by atoms with Crippen LogP contribution in [0.4, 0.5) is 5.69 Å². The van der Waals surface area contributed by atoms with Crippen molar-refractivity contribution in [3.8, 4) is 5.75 Å². The van der Waals surface area contributed by atoms with Gasteiger partial charge in [0.15, 0.2) is 0 Å². The Labute approximate surface area is 266 Å². The first-order valence-corrected chi connectivity index (χ1v) is 16.9. The molecule has 1 aliphatic rings. The number of hydrogen-bond acceptors (Lipinski definition) is 5. The standard InChI is InChI=1S/C34H42ClN3O5S/c1-5-30(34(40)36-28-9-7-6-8-10-28)37(22-26-14-16-27(35)17-15-26)33(39)23-38(31-21-25(3)13-20-32(31)43-4)44(41,42)29-18-11-24(2)12-19-29/h11-21,28,30H,5-10,22-23H2,1-4H3,(H,36,40)/t30-/m1/s1. The topological polar surface area (TPSA) is 96.0 Å². The molecule has 0 aromatic heterocycles. The molecule has 0 spiro atoms. The molecule has 1 fully saturated rings. The van der Waals surface area contributed by atoms with Crippen LogP contribution in [0.3, 0.4) is 0 Å². The van der Waals surface area contributed by atoms with Crippen molar-refractivity contribution in [1.82, 2.24) is 10.2 Å². The molecule has 0 aliphatic heterocycles. The van der Waals surface area contributed by atoms with E-state index in [1.54, 1.807) is 48.5 Å². The normalized spacial score (nSPS) is 14.5. The fourth-order valence-electron chi connectivity index (χ4n) is 5.60. The van der Waals surface area contributed by atoms with Crippen molar-refractivity contribution in [2.24, 2.45) is 0 Å². The molecule has 4 rings (SSSR count). The van der Waals surface area contributed by atoms with Gasteiger partial charge in [-0.2, -0.15) is 0 Å². The van der Waals surface area contributed by atoms with Gasteiger partial charge in [0.2, 0.25) is 11.8 Å². The van der Waals surface area contributed by atoms with Gasteiger partial charge in [0.05, 0.1) is 17.7 Å². The zero-order chi connectivity index (χ0) is 31.9. The molecule has 236 valence electrons. The number of carbonyl (C=O) groups excluding carboxylic acids is 2. The van der Waals surface area contributed by atoms with Gasteiger partial charge in [0, 0.05) is 17.6 Å². The van der Waals surface area contributed by atoms with Crippen LogP contribution in [0.25, 0.3) is 0 Å². The van der Waals surface area contributed by atoms with E-state index in [4.69, 9.17) is 16.3 Å². The Balaban J connectivity index is 1.75. The number of carbonyl (C=O) groups is 2. The lowest BCUT2D eigenvalue weighted by Crippen LogP contribution is -2.54. The molecular weight excluding hydrogens is 598 g/mol. The van der Waals surface area contributed by atoms with Crippen LogP contribution in [-0.2, 0) is 26.2 Å². The van der Waals surface area contributed by atoms with Gasteiger partial charge >= 0.3 is 0 Å². The van der Waals surface area contributed by atoms with E-state index >= 15 is 0 Å². The van der Waals surface area contributed by atoms with E-state index < -0.39 is 28.5 Å². The third kappa shape index (κ3) is 8.12. The summed E-state index contributed by atoms with van der Waals surface area (Å²) in [5, 5.41) is 3.72. The zero-order valence-corrected chi connectivity index (χ0v) is 27.5. The summed E-state index contributed by atoms with van der Waals surface area (Å²) >= 11 is 6.13. The Morgan fingerprint density at radius 2 is 1.59 bits per heavy atom. The lowest BCUT2D eigenvalue weighted by atomic mass is 9.95. The van der Waals surface area contributed by atoms with E-state index in [1.165, 1.54) is 24.1 Å². The van der Waals surface area contributed by atoms with E-state index in [1.807, 2.05) is 26.8 Å². The first-order chi connectivity index (χ1) is 21.0. The fraction of sp³-hybridized carbons (Fsp3) is 0.412. The molecule has 1 saturated carbocycles. The molecule has 0 unspecified atom stereocenters. The van der Waals surface area contributed by atoms with Crippen LogP contribution in [0.2, 0.25) is 5.02 Å². The van der Waals surface area contributed by atoms with Gasteiger partial charge in [-0.1, -0.05) is 73.7 Å². The number of ether oxygens (including phenoxy) is 1. The summed E-state index contributed by atoms with van der Waals surface area (Å²) < 4.78 is 35.1. The average molecular weight is 640 g/mol. The first kappa shape index (κ1) is 33.3. The summed E-state index contributed by atoms with van der Waals surface area (Å²) in [6, 6.07) is 18.0. The Morgan fingerprint density at radius 3 is 2.20 bits per heavy atom. The Morgan fingerprint density at radius 1 is 0.955 bits per heavy atom. The highest BCUT2D eigenvalue weighted by molar-refractivity contribution is 7.92. The van der Waals surface area contributed by atoms with Crippen LogP contribution in [0.1, 0.15) is 62.1 Å². The summed E-state index contributed by atoms with van der Waals surface area (Å²) in [4.78, 5) is 29.6. The van der Waals surface area contributed by atoms with Crippen LogP contribution in [-0.4, -0.2) is 50.9 Å². The van der Waals surface area contributed by atoms with Crippen LogP contribution in [0.15, 0.2) is 71.6 Å². The maximum atomic E-state index is 14.4. The molecule has 44 heavy (non-hydrogen) atoms. The van der Waals surface area contributed by atoms with Crippen molar-refractivity contribution in [2.75, 3.05) is 18.0 Å². The lowest BCUT2D eigenvalue weighted by Gasteiger charge is -2.34. The first-order valence-electron chi connectivity index (χ1n) is 15.1. The molecule has 0 radical (unpaired) electrons. The summed E-state index contributed by atoms with van der Waals surface area (Å²) in [7, 11) is -2.75. The predicted molar refractivity (Wildman–Crippen MR) is 175 cm³/mol. The van der Waals surface area contributed by atoms with Crippen molar-refractivity contribution in [1.29, 1.82) is 0 Å². The second-order valence-corrected chi connectivity index (χ2v) is 13.7. The maximum absolute atomic E-state index is 14.4. The number of methoxy groups -OCH3 is 1. The number of rotatable bonds is 12. The Bertz CT molecular complexity index is 1540. The van der Waals surface area contributed by atoms with Crippen LogP contribution < -0.4 is 14.4 Å². The van der Waals surface area contributed by atoms with Crippen molar-refractivity contribution < 1.29 is 22.7 Å². The highest BCUT2D eigenvalue weighted by Gasteiger charge is 2.35. The number of sulfonamides is 1. The monoisotopic (exact) mass is 639 g/mol. The third-order valence-corrected chi connectivity index (χ3v) is 10.1. The molecule has 0 bridgehead atoms. The second kappa shape index (κ2) is 14.9. The fourth-order valence-corrected chi connectivity index (χ4v) is 7.14. The number of hydrogen-bond donors (Lipinski definition) is 1. The lowest BCUT2D eigenvalue weighted by molar-refractivity contribution is -0.140. The second-order valence-electron chi connectivity index (χ2n) is 11.4. The highest BCUT2D eigenvalue weighted by atomic mass is 35.5. The molecule has 10 heteroatoms. The minimum atomic E-state index is -4.21. The molecule has 1 N–H and O–H groups in total. The van der Waals surface area contributed by atoms with E-state index in [-0.39, 0.29) is 29.1 Å². The molecule has 3 aromatic carbocycles. The number of nitrogens with one attached hydrogen (secondary N) is 1. The smallest absolute Gasteiger partial charge is 0.264 e. The quantitative estimate of drug-likeness (QED) is 0.247. The number of benzene rings is 3. The van der Waals surface area contributed by atoms with Crippen LogP contribution in [0, 0.1) is 13.8 Å². The number of halogens is 1. The van der Waals surface area contributed by atoms with Crippen molar-refractivity contribution in [3.63, 3.8) is 0 Å². The minimum Gasteiger partial charge on any atom is -0.495 e. The molecule has 1 aliphatic carbocycles. The third-order valence-electron chi connectivity index (χ3n) is 8.09. The summed E-state index contributed by atoms with van der Waals surface area (Å²) in [6.45, 7) is 5.15. The van der Waals surface area contributed by atoms with E-state index in [0.29, 0.717) is 17.2 Å². The van der Waals surface area contributed by atoms with Crippen LogP contribution >= 0.6 is 11.6 Å². The number of nitrogens with zero attached hydrogens (tertiary/aromatic N) is 2. The van der Waals surface area contributed by atoms with Gasteiger partial charge < -0.3 is 15.0 Å². The van der Waals surface area contributed by atoms with Gasteiger partial charge in [-0.25, -0.2) is 8.42 Å². The Hall–Kier alpha value is -3.56. The molecule has 0 saturated heterocycles. The molecule has 3 aromatic rings. The molecule has 2 amide bonds. The van der Waals surface area contributed by atoms with E-state index in [2.05, 4.69) is 5.32 Å².